The summed E-state index contributed by atoms with van der Waals surface area (Å²) in [6.45, 7) is 5.55. The summed E-state index contributed by atoms with van der Waals surface area (Å²) in [4.78, 5) is 2.51. The topological polar surface area (TPSA) is 3.24 Å². The Bertz CT molecular complexity index is 408. The lowest BCUT2D eigenvalue weighted by molar-refractivity contribution is 0.270. The number of likely N-dealkylation sites (tertiary alicyclic amines) is 1. The van der Waals surface area contributed by atoms with Gasteiger partial charge in [0.05, 0.1) is 0 Å². The van der Waals surface area contributed by atoms with Crippen LogP contribution in [0.15, 0.2) is 22.7 Å². The molecule has 1 heterocycles. The molecule has 2 rings (SSSR count). The average molecular weight is 328 g/mol. The highest BCUT2D eigenvalue weighted by Gasteiger charge is 2.17. The lowest BCUT2D eigenvalue weighted by Crippen LogP contribution is -2.24. The molecule has 0 amide bonds. The van der Waals surface area contributed by atoms with E-state index in [-0.39, 0.29) is 5.82 Å². The van der Waals surface area contributed by atoms with Crippen molar-refractivity contribution in [3.05, 3.63) is 34.1 Å². The standard InChI is InChI=1S/C16H23BrFN/c1-2-4-13-5-3-9-19(10-8-13)12-14-6-7-15(18)11-16(14)17/h6-7,11,13H,2-5,8-10,12H2,1H3. The van der Waals surface area contributed by atoms with E-state index in [1.807, 2.05) is 6.07 Å². The smallest absolute Gasteiger partial charge is 0.124 e. The summed E-state index contributed by atoms with van der Waals surface area (Å²) in [5, 5.41) is 0. The summed E-state index contributed by atoms with van der Waals surface area (Å²) < 4.78 is 14.0. The van der Waals surface area contributed by atoms with Crippen LogP contribution in [-0.4, -0.2) is 18.0 Å². The largest absolute Gasteiger partial charge is 0.299 e. The normalized spacial score (nSPS) is 21.3. The fourth-order valence-electron chi connectivity index (χ4n) is 2.97. The molecule has 0 N–H and O–H groups in total. The van der Waals surface area contributed by atoms with Crippen LogP contribution in [0.2, 0.25) is 0 Å². The Morgan fingerprint density at radius 2 is 2.16 bits per heavy atom. The summed E-state index contributed by atoms with van der Waals surface area (Å²) in [5.41, 5.74) is 1.19. The summed E-state index contributed by atoms with van der Waals surface area (Å²) in [5.74, 6) is 0.737. The van der Waals surface area contributed by atoms with Gasteiger partial charge in [0, 0.05) is 11.0 Å². The minimum atomic E-state index is -0.172. The molecule has 0 bridgehead atoms. The van der Waals surface area contributed by atoms with E-state index in [9.17, 15) is 4.39 Å². The monoisotopic (exact) mass is 327 g/mol. The molecule has 0 saturated carbocycles. The first kappa shape index (κ1) is 15.0. The summed E-state index contributed by atoms with van der Waals surface area (Å²) in [7, 11) is 0. The Kier molecular flexibility index (Phi) is 5.83. The van der Waals surface area contributed by atoms with E-state index >= 15 is 0 Å². The third kappa shape index (κ3) is 4.57. The first-order valence-electron chi connectivity index (χ1n) is 7.35. The maximum atomic E-state index is 13.1. The van der Waals surface area contributed by atoms with Gasteiger partial charge < -0.3 is 0 Å². The molecule has 0 aliphatic carbocycles. The van der Waals surface area contributed by atoms with E-state index in [4.69, 9.17) is 0 Å². The molecule has 1 unspecified atom stereocenters. The summed E-state index contributed by atoms with van der Waals surface area (Å²) in [6, 6.07) is 5.01. The van der Waals surface area contributed by atoms with Crippen LogP contribution in [0, 0.1) is 11.7 Å². The molecule has 0 radical (unpaired) electrons. The lowest BCUT2D eigenvalue weighted by Gasteiger charge is -2.21. The molecular weight excluding hydrogens is 305 g/mol. The van der Waals surface area contributed by atoms with Gasteiger partial charge in [-0.25, -0.2) is 4.39 Å². The number of nitrogens with zero attached hydrogens (tertiary/aromatic N) is 1. The fraction of sp³-hybridized carbons (Fsp3) is 0.625. The highest BCUT2D eigenvalue weighted by Crippen LogP contribution is 2.25. The van der Waals surface area contributed by atoms with E-state index in [1.165, 1.54) is 50.8 Å². The highest BCUT2D eigenvalue weighted by atomic mass is 79.9. The van der Waals surface area contributed by atoms with Gasteiger partial charge in [0.1, 0.15) is 5.82 Å². The van der Waals surface area contributed by atoms with Crippen molar-refractivity contribution < 1.29 is 4.39 Å². The van der Waals surface area contributed by atoms with Crippen molar-refractivity contribution in [2.24, 2.45) is 5.92 Å². The zero-order valence-electron chi connectivity index (χ0n) is 11.7. The summed E-state index contributed by atoms with van der Waals surface area (Å²) in [6.07, 6.45) is 6.65. The molecule has 1 aromatic rings. The molecular formula is C16H23BrFN. The van der Waals surface area contributed by atoms with Crippen molar-refractivity contribution in [2.45, 2.75) is 45.6 Å². The van der Waals surface area contributed by atoms with Gasteiger partial charge in [-0.05, 0) is 56.0 Å². The van der Waals surface area contributed by atoms with Crippen molar-refractivity contribution in [2.75, 3.05) is 13.1 Å². The van der Waals surface area contributed by atoms with E-state index in [2.05, 4.69) is 27.8 Å². The van der Waals surface area contributed by atoms with Crippen molar-refractivity contribution in [3.8, 4) is 0 Å². The van der Waals surface area contributed by atoms with Crippen LogP contribution < -0.4 is 0 Å². The molecule has 1 aromatic carbocycles. The van der Waals surface area contributed by atoms with Crippen LogP contribution >= 0.6 is 15.9 Å². The second-order valence-electron chi connectivity index (χ2n) is 5.60. The van der Waals surface area contributed by atoms with Gasteiger partial charge in [-0.1, -0.05) is 41.8 Å². The SMILES string of the molecule is CCCC1CCCN(Cc2ccc(F)cc2Br)CC1. The first-order chi connectivity index (χ1) is 9.19. The minimum Gasteiger partial charge on any atom is -0.299 e. The Balaban J connectivity index is 1.92. The van der Waals surface area contributed by atoms with Gasteiger partial charge in [0.2, 0.25) is 0 Å². The number of halogens is 2. The number of hydrogen-bond acceptors (Lipinski definition) is 1. The second kappa shape index (κ2) is 7.39. The molecule has 1 atom stereocenters. The van der Waals surface area contributed by atoms with Crippen molar-refractivity contribution in [1.82, 2.24) is 4.90 Å². The molecule has 0 spiro atoms. The molecule has 106 valence electrons. The molecule has 1 saturated heterocycles. The van der Waals surface area contributed by atoms with Gasteiger partial charge >= 0.3 is 0 Å². The molecule has 0 aromatic heterocycles. The Morgan fingerprint density at radius 3 is 2.89 bits per heavy atom. The third-order valence-electron chi connectivity index (χ3n) is 4.05. The van der Waals surface area contributed by atoms with Crippen molar-refractivity contribution in [1.29, 1.82) is 0 Å². The molecule has 1 aliphatic heterocycles. The number of hydrogen-bond donors (Lipinski definition) is 0. The predicted octanol–water partition coefficient (Wildman–Crippen LogP) is 4.99. The van der Waals surface area contributed by atoms with Gasteiger partial charge in [0.25, 0.3) is 0 Å². The van der Waals surface area contributed by atoms with Gasteiger partial charge in [-0.2, -0.15) is 0 Å². The Labute approximate surface area is 124 Å². The van der Waals surface area contributed by atoms with E-state index < -0.39 is 0 Å². The first-order valence-corrected chi connectivity index (χ1v) is 8.14. The van der Waals surface area contributed by atoms with Crippen molar-refractivity contribution >= 4 is 15.9 Å². The molecule has 1 aliphatic rings. The van der Waals surface area contributed by atoms with Crippen LogP contribution in [0.25, 0.3) is 0 Å². The average Bonchev–Trinajstić information content (AvgIpc) is 2.59. The van der Waals surface area contributed by atoms with Crippen LogP contribution in [0.3, 0.4) is 0 Å². The Hall–Kier alpha value is -0.410. The molecule has 3 heteroatoms. The molecule has 19 heavy (non-hydrogen) atoms. The summed E-state index contributed by atoms with van der Waals surface area (Å²) >= 11 is 3.46. The zero-order valence-corrected chi connectivity index (χ0v) is 13.3. The molecule has 1 nitrogen and oxygen atoms in total. The number of benzene rings is 1. The van der Waals surface area contributed by atoms with E-state index in [0.717, 1.165) is 16.9 Å². The van der Waals surface area contributed by atoms with Crippen LogP contribution in [0.4, 0.5) is 4.39 Å². The number of rotatable bonds is 4. The highest BCUT2D eigenvalue weighted by molar-refractivity contribution is 9.10. The van der Waals surface area contributed by atoms with Crippen LogP contribution in [0.5, 0.6) is 0 Å². The maximum Gasteiger partial charge on any atom is 0.124 e. The van der Waals surface area contributed by atoms with Gasteiger partial charge in [-0.15, -0.1) is 0 Å². The van der Waals surface area contributed by atoms with Gasteiger partial charge in [-0.3, -0.25) is 4.90 Å². The van der Waals surface area contributed by atoms with Crippen LogP contribution in [-0.2, 0) is 6.54 Å². The fourth-order valence-corrected chi connectivity index (χ4v) is 3.45. The third-order valence-corrected chi connectivity index (χ3v) is 4.78. The van der Waals surface area contributed by atoms with E-state index in [0.29, 0.717) is 0 Å². The Morgan fingerprint density at radius 1 is 1.32 bits per heavy atom. The maximum absolute atomic E-state index is 13.1. The quantitative estimate of drug-likeness (QED) is 0.752. The zero-order chi connectivity index (χ0) is 13.7. The van der Waals surface area contributed by atoms with Gasteiger partial charge in [0.15, 0.2) is 0 Å². The van der Waals surface area contributed by atoms with Crippen molar-refractivity contribution in [3.63, 3.8) is 0 Å². The lowest BCUT2D eigenvalue weighted by atomic mass is 9.96. The minimum absolute atomic E-state index is 0.172. The van der Waals surface area contributed by atoms with Crippen LogP contribution in [0.1, 0.15) is 44.6 Å². The second-order valence-corrected chi connectivity index (χ2v) is 6.45. The predicted molar refractivity (Wildman–Crippen MR) is 81.6 cm³/mol. The molecule has 1 fully saturated rings. The van der Waals surface area contributed by atoms with E-state index in [1.54, 1.807) is 12.1 Å².